The first kappa shape index (κ1) is 21.1. The fourth-order valence-electron chi connectivity index (χ4n) is 3.04. The molecular weight excluding hydrogens is 385 g/mol. The summed E-state index contributed by atoms with van der Waals surface area (Å²) in [4.78, 5) is 31.5. The fourth-order valence-corrected chi connectivity index (χ4v) is 3.04. The van der Waals surface area contributed by atoms with Crippen molar-refractivity contribution in [2.75, 3.05) is 0 Å². The van der Waals surface area contributed by atoms with E-state index in [0.717, 1.165) is 11.1 Å². The molecule has 0 bridgehead atoms. The van der Waals surface area contributed by atoms with Crippen molar-refractivity contribution in [3.63, 3.8) is 0 Å². The zero-order valence-electron chi connectivity index (χ0n) is 16.5. The van der Waals surface area contributed by atoms with Crippen LogP contribution >= 0.6 is 0 Å². The van der Waals surface area contributed by atoms with E-state index < -0.39 is 12.1 Å². The predicted octanol–water partition coefficient (Wildman–Crippen LogP) is 4.06. The zero-order chi connectivity index (χ0) is 21.5. The molecule has 1 aromatic carbocycles. The van der Waals surface area contributed by atoms with Gasteiger partial charge in [0.25, 0.3) is 5.91 Å². The topological polar surface area (TPSA) is 92.2 Å². The van der Waals surface area contributed by atoms with Crippen LogP contribution in [0.15, 0.2) is 60.9 Å². The van der Waals surface area contributed by atoms with E-state index in [1.165, 1.54) is 18.2 Å². The minimum absolute atomic E-state index is 0.174. The molecule has 154 valence electrons. The minimum Gasteiger partial charge on any atom is -0.478 e. The molecule has 0 spiro atoms. The highest BCUT2D eigenvalue weighted by Gasteiger charge is 2.16. The van der Waals surface area contributed by atoms with Crippen molar-refractivity contribution >= 4 is 11.9 Å². The van der Waals surface area contributed by atoms with E-state index in [1.54, 1.807) is 49.6 Å². The number of carboxylic acids is 1. The van der Waals surface area contributed by atoms with Crippen molar-refractivity contribution in [2.45, 2.75) is 32.5 Å². The van der Waals surface area contributed by atoms with Crippen molar-refractivity contribution in [3.05, 3.63) is 94.6 Å². The number of carbonyl (C=O) groups is 2. The molecule has 0 aliphatic carbocycles. The molecule has 0 radical (unpaired) electrons. The van der Waals surface area contributed by atoms with Gasteiger partial charge in [0.1, 0.15) is 11.9 Å². The van der Waals surface area contributed by atoms with Crippen molar-refractivity contribution < 1.29 is 19.1 Å². The first-order valence-electron chi connectivity index (χ1n) is 9.54. The number of hydrogen-bond acceptors (Lipinski definition) is 4. The van der Waals surface area contributed by atoms with Crippen LogP contribution in [-0.2, 0) is 13.0 Å². The minimum atomic E-state index is -1.27. The van der Waals surface area contributed by atoms with E-state index in [9.17, 15) is 14.0 Å². The highest BCUT2D eigenvalue weighted by atomic mass is 19.1. The molecule has 1 unspecified atom stereocenters. The Labute approximate surface area is 173 Å². The highest BCUT2D eigenvalue weighted by Crippen LogP contribution is 2.24. The third-order valence-electron chi connectivity index (χ3n) is 4.66. The molecule has 1 amide bonds. The second kappa shape index (κ2) is 9.73. The maximum absolute atomic E-state index is 14.8. The largest absolute Gasteiger partial charge is 0.478 e. The number of amides is 1. The number of nitrogens with one attached hydrogen (secondary N) is 1. The van der Waals surface area contributed by atoms with Gasteiger partial charge in [-0.15, -0.1) is 0 Å². The molecule has 6 nitrogen and oxygen atoms in total. The van der Waals surface area contributed by atoms with Crippen LogP contribution in [0, 0.1) is 6.92 Å². The van der Waals surface area contributed by atoms with Gasteiger partial charge in [0, 0.05) is 24.6 Å². The van der Waals surface area contributed by atoms with E-state index in [0.29, 0.717) is 24.2 Å². The molecule has 0 aliphatic rings. The van der Waals surface area contributed by atoms with Crippen LogP contribution in [0.2, 0.25) is 0 Å². The lowest BCUT2D eigenvalue weighted by Crippen LogP contribution is -2.24. The third kappa shape index (κ3) is 5.70. The summed E-state index contributed by atoms with van der Waals surface area (Å²) in [5.74, 6) is -1.36. The van der Waals surface area contributed by atoms with Crippen LogP contribution < -0.4 is 5.32 Å². The normalized spacial score (nSPS) is 11.7. The molecule has 0 aliphatic heterocycles. The Bertz CT molecular complexity index is 1020. The number of pyridine rings is 2. The average Bonchev–Trinajstić information content (AvgIpc) is 2.76. The first-order valence-corrected chi connectivity index (χ1v) is 9.54. The SMILES string of the molecule is Cc1cc(C(F)CCc2ccc(C(=O)O)cc2)cc(C(=O)NCc2ccncc2)n1. The summed E-state index contributed by atoms with van der Waals surface area (Å²) >= 11 is 0. The lowest BCUT2D eigenvalue weighted by molar-refractivity contribution is 0.0696. The van der Waals surface area contributed by atoms with Crippen LogP contribution in [0.1, 0.15) is 55.8 Å². The molecule has 7 heteroatoms. The molecule has 1 atom stereocenters. The Morgan fingerprint density at radius 3 is 2.43 bits per heavy atom. The molecule has 3 aromatic rings. The Hall–Kier alpha value is -3.61. The molecule has 30 heavy (non-hydrogen) atoms. The number of carboxylic acid groups (broad SMARTS) is 1. The summed E-state index contributed by atoms with van der Waals surface area (Å²) in [6, 6.07) is 13.1. The molecule has 2 heterocycles. The van der Waals surface area contributed by atoms with Gasteiger partial charge >= 0.3 is 5.97 Å². The van der Waals surface area contributed by atoms with Gasteiger partial charge in [-0.1, -0.05) is 12.1 Å². The van der Waals surface area contributed by atoms with Crippen molar-refractivity contribution in [1.82, 2.24) is 15.3 Å². The Morgan fingerprint density at radius 2 is 1.77 bits per heavy atom. The van der Waals surface area contributed by atoms with Crippen molar-refractivity contribution in [2.24, 2.45) is 0 Å². The van der Waals surface area contributed by atoms with Crippen LogP contribution in [0.25, 0.3) is 0 Å². The quantitative estimate of drug-likeness (QED) is 0.588. The molecule has 0 fully saturated rings. The number of benzene rings is 1. The van der Waals surface area contributed by atoms with Crippen LogP contribution in [0.4, 0.5) is 4.39 Å². The Kier molecular flexibility index (Phi) is 6.85. The van der Waals surface area contributed by atoms with Crippen molar-refractivity contribution in [3.8, 4) is 0 Å². The lowest BCUT2D eigenvalue weighted by Gasteiger charge is -2.12. The van der Waals surface area contributed by atoms with Gasteiger partial charge in [-0.05, 0) is 72.9 Å². The molecule has 0 saturated carbocycles. The monoisotopic (exact) mass is 407 g/mol. The number of rotatable bonds is 8. The number of hydrogen-bond donors (Lipinski definition) is 2. The number of halogens is 1. The van der Waals surface area contributed by atoms with Gasteiger partial charge in [0.2, 0.25) is 0 Å². The van der Waals surface area contributed by atoms with Gasteiger partial charge in [0.05, 0.1) is 5.56 Å². The predicted molar refractivity (Wildman–Crippen MR) is 110 cm³/mol. The Balaban J connectivity index is 1.63. The van der Waals surface area contributed by atoms with Gasteiger partial charge in [-0.3, -0.25) is 9.78 Å². The number of aromatic carboxylic acids is 1. The number of nitrogens with zero attached hydrogens (tertiary/aromatic N) is 2. The lowest BCUT2D eigenvalue weighted by atomic mass is 10.0. The summed E-state index contributed by atoms with van der Waals surface area (Å²) < 4.78 is 14.8. The standard InChI is InChI=1S/C23H22FN3O3/c1-15-12-19(20(24)7-4-16-2-5-18(6-3-16)23(29)30)13-21(27-15)22(28)26-14-17-8-10-25-11-9-17/h2-3,5-6,8-13,20H,4,7,14H2,1H3,(H,26,28)(H,29,30). The smallest absolute Gasteiger partial charge is 0.335 e. The van der Waals surface area contributed by atoms with E-state index in [2.05, 4.69) is 15.3 Å². The first-order chi connectivity index (χ1) is 14.4. The maximum atomic E-state index is 14.8. The van der Waals surface area contributed by atoms with Crippen LogP contribution in [0.3, 0.4) is 0 Å². The third-order valence-corrected chi connectivity index (χ3v) is 4.66. The van der Waals surface area contributed by atoms with Gasteiger partial charge < -0.3 is 10.4 Å². The number of alkyl halides is 1. The molecule has 3 rings (SSSR count). The van der Waals surface area contributed by atoms with E-state index in [4.69, 9.17) is 5.11 Å². The summed E-state index contributed by atoms with van der Waals surface area (Å²) in [7, 11) is 0. The summed E-state index contributed by atoms with van der Waals surface area (Å²) in [6.45, 7) is 2.05. The van der Waals surface area contributed by atoms with Crippen molar-refractivity contribution in [1.29, 1.82) is 0 Å². The summed E-state index contributed by atoms with van der Waals surface area (Å²) in [5, 5.41) is 11.7. The van der Waals surface area contributed by atoms with E-state index >= 15 is 0 Å². The molecule has 2 aromatic heterocycles. The summed E-state index contributed by atoms with van der Waals surface area (Å²) in [5.41, 5.74) is 3.09. The van der Waals surface area contributed by atoms with Gasteiger partial charge in [-0.2, -0.15) is 0 Å². The fraction of sp³-hybridized carbons (Fsp3) is 0.217. The molecular formula is C23H22FN3O3. The maximum Gasteiger partial charge on any atom is 0.335 e. The van der Waals surface area contributed by atoms with E-state index in [-0.39, 0.29) is 23.6 Å². The van der Waals surface area contributed by atoms with Crippen LogP contribution in [-0.4, -0.2) is 27.0 Å². The van der Waals surface area contributed by atoms with Gasteiger partial charge in [0.15, 0.2) is 0 Å². The number of aryl methyl sites for hydroxylation is 2. The number of aromatic nitrogens is 2. The molecule has 2 N–H and O–H groups in total. The summed E-state index contributed by atoms with van der Waals surface area (Å²) in [6.07, 6.45) is 2.69. The average molecular weight is 407 g/mol. The number of carbonyl (C=O) groups excluding carboxylic acids is 1. The second-order valence-corrected chi connectivity index (χ2v) is 6.97. The highest BCUT2D eigenvalue weighted by molar-refractivity contribution is 5.92. The van der Waals surface area contributed by atoms with Crippen LogP contribution in [0.5, 0.6) is 0 Å². The molecule has 0 saturated heterocycles. The zero-order valence-corrected chi connectivity index (χ0v) is 16.5. The van der Waals surface area contributed by atoms with Gasteiger partial charge in [-0.25, -0.2) is 14.2 Å². The van der Waals surface area contributed by atoms with E-state index in [1.807, 2.05) is 0 Å². The Morgan fingerprint density at radius 1 is 1.07 bits per heavy atom. The second-order valence-electron chi connectivity index (χ2n) is 6.97.